The van der Waals surface area contributed by atoms with Gasteiger partial charge in [-0.1, -0.05) is 12.8 Å². The Bertz CT molecular complexity index is 439. The average Bonchev–Trinajstić information content (AvgIpc) is 2.87. The van der Waals surface area contributed by atoms with E-state index in [-0.39, 0.29) is 11.4 Å². The van der Waals surface area contributed by atoms with E-state index in [0.29, 0.717) is 12.1 Å². The number of rotatable bonds is 4. The third-order valence-electron chi connectivity index (χ3n) is 4.05. The molecule has 1 fully saturated rings. The molecule has 1 amide bonds. The molecule has 104 valence electrons. The van der Waals surface area contributed by atoms with Crippen LogP contribution in [-0.4, -0.2) is 42.0 Å². The topological polar surface area (TPSA) is 45.2 Å². The number of carbonyl (C=O) groups excluding carboxylic acids is 1. The van der Waals surface area contributed by atoms with E-state index in [1.165, 1.54) is 12.8 Å². The van der Waals surface area contributed by atoms with Crippen LogP contribution in [0.4, 0.5) is 0 Å². The van der Waals surface area contributed by atoms with Crippen LogP contribution >= 0.6 is 15.9 Å². The van der Waals surface area contributed by atoms with Crippen LogP contribution in [0.15, 0.2) is 22.9 Å². The Morgan fingerprint density at radius 1 is 1.42 bits per heavy atom. The average molecular weight is 326 g/mol. The first-order chi connectivity index (χ1) is 9.03. The van der Waals surface area contributed by atoms with Crippen molar-refractivity contribution in [1.82, 2.24) is 15.2 Å². The Hall–Kier alpha value is -0.940. The molecule has 1 aromatic rings. The van der Waals surface area contributed by atoms with Crippen LogP contribution in [-0.2, 0) is 0 Å². The molecule has 1 heterocycles. The molecular formula is C14H20BrN3O. The summed E-state index contributed by atoms with van der Waals surface area (Å²) in [5.41, 5.74) is 0.730. The van der Waals surface area contributed by atoms with Crippen molar-refractivity contribution in [3.05, 3.63) is 28.5 Å². The van der Waals surface area contributed by atoms with Gasteiger partial charge in [0.1, 0.15) is 4.60 Å². The molecule has 0 radical (unpaired) electrons. The molecule has 0 bridgehead atoms. The summed E-state index contributed by atoms with van der Waals surface area (Å²) in [5.74, 6) is -0.0480. The second kappa shape index (κ2) is 6.01. The molecule has 1 aliphatic rings. The van der Waals surface area contributed by atoms with Gasteiger partial charge in [0.15, 0.2) is 0 Å². The maximum absolute atomic E-state index is 12.1. The summed E-state index contributed by atoms with van der Waals surface area (Å²) < 4.78 is 0.740. The lowest BCUT2D eigenvalue weighted by molar-refractivity contribution is 0.0899. The zero-order valence-corrected chi connectivity index (χ0v) is 13.0. The van der Waals surface area contributed by atoms with Crippen molar-refractivity contribution in [2.45, 2.75) is 31.2 Å². The van der Waals surface area contributed by atoms with Gasteiger partial charge in [-0.05, 0) is 55.0 Å². The highest BCUT2D eigenvalue weighted by atomic mass is 79.9. The smallest absolute Gasteiger partial charge is 0.252 e. The lowest BCUT2D eigenvalue weighted by Crippen LogP contribution is -2.50. The second-order valence-electron chi connectivity index (χ2n) is 5.38. The lowest BCUT2D eigenvalue weighted by atomic mass is 9.96. The molecule has 1 saturated carbocycles. The molecule has 0 aliphatic heterocycles. The molecule has 2 rings (SSSR count). The fourth-order valence-corrected chi connectivity index (χ4v) is 2.91. The number of hydrogen-bond donors (Lipinski definition) is 1. The third kappa shape index (κ3) is 3.34. The van der Waals surface area contributed by atoms with Gasteiger partial charge < -0.3 is 10.2 Å². The van der Waals surface area contributed by atoms with Crippen molar-refractivity contribution in [1.29, 1.82) is 0 Å². The summed E-state index contributed by atoms with van der Waals surface area (Å²) in [5, 5.41) is 3.05. The maximum atomic E-state index is 12.1. The van der Waals surface area contributed by atoms with E-state index in [0.717, 1.165) is 17.4 Å². The predicted octanol–water partition coefficient (Wildman–Crippen LogP) is 2.45. The fraction of sp³-hybridized carbons (Fsp3) is 0.571. The van der Waals surface area contributed by atoms with Gasteiger partial charge in [-0.25, -0.2) is 4.98 Å². The van der Waals surface area contributed by atoms with Gasteiger partial charge in [0.05, 0.1) is 5.56 Å². The van der Waals surface area contributed by atoms with Crippen LogP contribution in [0.3, 0.4) is 0 Å². The van der Waals surface area contributed by atoms with Gasteiger partial charge in [-0.2, -0.15) is 0 Å². The minimum Gasteiger partial charge on any atom is -0.350 e. The summed E-state index contributed by atoms with van der Waals surface area (Å²) in [6.45, 7) is 0.703. The first-order valence-electron chi connectivity index (χ1n) is 6.61. The summed E-state index contributed by atoms with van der Waals surface area (Å²) in [4.78, 5) is 18.4. The van der Waals surface area contributed by atoms with Crippen molar-refractivity contribution >= 4 is 21.8 Å². The molecule has 0 unspecified atom stereocenters. The van der Waals surface area contributed by atoms with Crippen molar-refractivity contribution in [3.63, 3.8) is 0 Å². The van der Waals surface area contributed by atoms with Crippen molar-refractivity contribution in [2.24, 2.45) is 0 Å². The summed E-state index contributed by atoms with van der Waals surface area (Å²) in [7, 11) is 4.19. The van der Waals surface area contributed by atoms with Gasteiger partial charge in [0, 0.05) is 18.3 Å². The van der Waals surface area contributed by atoms with Crippen LogP contribution in [0.1, 0.15) is 36.0 Å². The molecule has 1 aliphatic carbocycles. The molecule has 0 spiro atoms. The van der Waals surface area contributed by atoms with Gasteiger partial charge in [-0.3, -0.25) is 4.79 Å². The lowest BCUT2D eigenvalue weighted by Gasteiger charge is -2.36. The summed E-state index contributed by atoms with van der Waals surface area (Å²) in [6, 6.07) is 3.57. The van der Waals surface area contributed by atoms with Crippen LogP contribution in [0.5, 0.6) is 0 Å². The van der Waals surface area contributed by atoms with Crippen LogP contribution < -0.4 is 5.32 Å². The zero-order valence-electron chi connectivity index (χ0n) is 11.4. The Kier molecular flexibility index (Phi) is 4.58. The van der Waals surface area contributed by atoms with Crippen LogP contribution in [0, 0.1) is 0 Å². The molecule has 19 heavy (non-hydrogen) atoms. The number of nitrogens with one attached hydrogen (secondary N) is 1. The van der Waals surface area contributed by atoms with Gasteiger partial charge in [0.2, 0.25) is 0 Å². The monoisotopic (exact) mass is 325 g/mol. The minimum atomic E-state index is -0.0480. The first kappa shape index (κ1) is 14.5. The van der Waals surface area contributed by atoms with E-state index in [2.05, 4.69) is 45.2 Å². The largest absolute Gasteiger partial charge is 0.350 e. The number of amides is 1. The molecule has 0 saturated heterocycles. The molecular weight excluding hydrogens is 306 g/mol. The number of pyridine rings is 1. The quantitative estimate of drug-likeness (QED) is 0.865. The van der Waals surface area contributed by atoms with Gasteiger partial charge in [-0.15, -0.1) is 0 Å². The number of likely N-dealkylation sites (N-methyl/N-ethyl adjacent to an activating group) is 1. The Balaban J connectivity index is 1.97. The highest BCUT2D eigenvalue weighted by Crippen LogP contribution is 2.33. The van der Waals surface area contributed by atoms with Crippen molar-refractivity contribution < 1.29 is 4.79 Å². The van der Waals surface area contributed by atoms with Crippen LogP contribution in [0.25, 0.3) is 0 Å². The fourth-order valence-electron chi connectivity index (χ4n) is 2.67. The van der Waals surface area contributed by atoms with E-state index in [1.807, 2.05) is 0 Å². The number of carbonyl (C=O) groups is 1. The number of aromatic nitrogens is 1. The molecule has 0 aromatic carbocycles. The van der Waals surface area contributed by atoms with E-state index >= 15 is 0 Å². The highest BCUT2D eigenvalue weighted by molar-refractivity contribution is 9.10. The van der Waals surface area contributed by atoms with E-state index in [4.69, 9.17) is 0 Å². The van der Waals surface area contributed by atoms with E-state index in [1.54, 1.807) is 18.3 Å². The number of halogens is 1. The molecule has 5 heteroatoms. The molecule has 1 N–H and O–H groups in total. The Morgan fingerprint density at radius 3 is 2.63 bits per heavy atom. The third-order valence-corrected chi connectivity index (χ3v) is 4.52. The van der Waals surface area contributed by atoms with E-state index in [9.17, 15) is 4.79 Å². The second-order valence-corrected chi connectivity index (χ2v) is 6.19. The Morgan fingerprint density at radius 2 is 2.11 bits per heavy atom. The van der Waals surface area contributed by atoms with Crippen molar-refractivity contribution in [2.75, 3.05) is 20.6 Å². The number of nitrogens with zero attached hydrogens (tertiary/aromatic N) is 2. The normalized spacial score (nSPS) is 17.7. The Labute approximate surface area is 122 Å². The SMILES string of the molecule is CN(C)C1(CNC(=O)c2ccc(Br)nc2)CCCC1. The first-order valence-corrected chi connectivity index (χ1v) is 7.40. The maximum Gasteiger partial charge on any atom is 0.252 e. The van der Waals surface area contributed by atoms with Crippen LogP contribution in [0.2, 0.25) is 0 Å². The minimum absolute atomic E-state index is 0.0480. The molecule has 1 aromatic heterocycles. The number of hydrogen-bond acceptors (Lipinski definition) is 3. The highest BCUT2D eigenvalue weighted by Gasteiger charge is 2.36. The molecule has 4 nitrogen and oxygen atoms in total. The zero-order chi connectivity index (χ0) is 13.9. The van der Waals surface area contributed by atoms with Gasteiger partial charge >= 0.3 is 0 Å². The summed E-state index contributed by atoms with van der Waals surface area (Å²) >= 11 is 3.27. The predicted molar refractivity (Wildman–Crippen MR) is 79.2 cm³/mol. The standard InChI is InChI=1S/C14H20BrN3O/c1-18(2)14(7-3-4-8-14)10-17-13(19)11-5-6-12(15)16-9-11/h5-6,9H,3-4,7-8,10H2,1-2H3,(H,17,19). The van der Waals surface area contributed by atoms with E-state index < -0.39 is 0 Å². The molecule has 0 atom stereocenters. The van der Waals surface area contributed by atoms with Gasteiger partial charge in [0.25, 0.3) is 5.91 Å². The van der Waals surface area contributed by atoms with Crippen molar-refractivity contribution in [3.8, 4) is 0 Å². The summed E-state index contributed by atoms with van der Waals surface area (Å²) in [6.07, 6.45) is 6.38.